The van der Waals surface area contributed by atoms with Crippen LogP contribution < -0.4 is 4.74 Å². The van der Waals surface area contributed by atoms with Crippen LogP contribution in [0.1, 0.15) is 43.4 Å². The van der Waals surface area contributed by atoms with E-state index >= 15 is 0 Å². The van der Waals surface area contributed by atoms with Crippen molar-refractivity contribution in [3.63, 3.8) is 0 Å². The summed E-state index contributed by atoms with van der Waals surface area (Å²) in [6.45, 7) is 7.98. The Morgan fingerprint density at radius 1 is 0.906 bits per heavy atom. The molecule has 0 radical (unpaired) electrons. The van der Waals surface area contributed by atoms with Crippen molar-refractivity contribution in [2.45, 2.75) is 46.6 Å². The fourth-order valence-corrected chi connectivity index (χ4v) is 3.91. The molecule has 0 saturated heterocycles. The largest absolute Gasteiger partial charge is 0.497 e. The number of carbonyl (C=O) groups is 1. The Bertz CT molecular complexity index is 1010. The highest BCUT2D eigenvalue weighted by molar-refractivity contribution is 5.77. The lowest BCUT2D eigenvalue weighted by molar-refractivity contribution is -0.132. The number of carbonyl (C=O) groups excluding carboxylic acids is 1. The van der Waals surface area contributed by atoms with Crippen LogP contribution in [0.3, 0.4) is 0 Å². The highest BCUT2D eigenvalue weighted by atomic mass is 16.5. The number of nitrogens with zero attached hydrogens (tertiary/aromatic N) is 1. The summed E-state index contributed by atoms with van der Waals surface area (Å²) in [4.78, 5) is 15.3. The molecule has 168 valence electrons. The minimum Gasteiger partial charge on any atom is -0.497 e. The minimum absolute atomic E-state index is 0.209. The van der Waals surface area contributed by atoms with Gasteiger partial charge in [-0.05, 0) is 65.6 Å². The summed E-state index contributed by atoms with van der Waals surface area (Å²) in [6.07, 6.45) is 2.25. The summed E-state index contributed by atoms with van der Waals surface area (Å²) in [6, 6.07) is 24.9. The predicted octanol–water partition coefficient (Wildman–Crippen LogP) is 6.68. The molecule has 3 nitrogen and oxygen atoms in total. The van der Waals surface area contributed by atoms with Crippen LogP contribution >= 0.6 is 0 Å². The van der Waals surface area contributed by atoms with Gasteiger partial charge in [0, 0.05) is 19.5 Å². The van der Waals surface area contributed by atoms with Crippen molar-refractivity contribution < 1.29 is 9.53 Å². The molecule has 0 aliphatic carbocycles. The van der Waals surface area contributed by atoms with Crippen molar-refractivity contribution in [1.29, 1.82) is 0 Å². The molecular formula is C29H35NO2. The summed E-state index contributed by atoms with van der Waals surface area (Å²) in [5.41, 5.74) is 6.05. The van der Waals surface area contributed by atoms with Gasteiger partial charge in [0.15, 0.2) is 0 Å². The lowest BCUT2D eigenvalue weighted by Gasteiger charge is -2.25. The number of amides is 1. The Morgan fingerprint density at radius 3 is 2.22 bits per heavy atom. The summed E-state index contributed by atoms with van der Waals surface area (Å²) < 4.78 is 5.23. The van der Waals surface area contributed by atoms with Gasteiger partial charge in [-0.3, -0.25) is 4.79 Å². The van der Waals surface area contributed by atoms with Gasteiger partial charge in [-0.25, -0.2) is 0 Å². The average molecular weight is 430 g/mol. The van der Waals surface area contributed by atoms with Crippen molar-refractivity contribution in [1.82, 2.24) is 4.90 Å². The topological polar surface area (TPSA) is 29.5 Å². The Kier molecular flexibility index (Phi) is 8.49. The Labute approximate surface area is 193 Å². The standard InChI is InChI=1S/C29H35NO2/c1-22(2)19-20-30(29(31)18-15-24-13-16-26(32-4)17-14-24)21-25-10-6-8-12-28(25)27-11-7-5-9-23(27)3/h5-14,16-17,22H,15,18-21H2,1-4H3. The number of hydrogen-bond donors (Lipinski definition) is 0. The molecule has 0 N–H and O–H groups in total. The number of benzene rings is 3. The summed E-state index contributed by atoms with van der Waals surface area (Å²) in [5.74, 6) is 1.60. The van der Waals surface area contributed by atoms with E-state index in [0.29, 0.717) is 18.9 Å². The van der Waals surface area contributed by atoms with Crippen LogP contribution in [0.4, 0.5) is 0 Å². The monoisotopic (exact) mass is 429 g/mol. The van der Waals surface area contributed by atoms with Crippen LogP contribution in [-0.4, -0.2) is 24.5 Å². The lowest BCUT2D eigenvalue weighted by Crippen LogP contribution is -2.32. The van der Waals surface area contributed by atoms with Crippen molar-refractivity contribution in [2.75, 3.05) is 13.7 Å². The third kappa shape index (κ3) is 6.46. The molecule has 3 aromatic carbocycles. The van der Waals surface area contributed by atoms with Crippen molar-refractivity contribution >= 4 is 5.91 Å². The van der Waals surface area contributed by atoms with Crippen molar-refractivity contribution in [3.8, 4) is 16.9 Å². The van der Waals surface area contributed by atoms with Crippen molar-refractivity contribution in [2.24, 2.45) is 5.92 Å². The van der Waals surface area contributed by atoms with Gasteiger partial charge in [0.2, 0.25) is 5.91 Å². The molecule has 0 bridgehead atoms. The second-order valence-corrected chi connectivity index (χ2v) is 8.82. The van der Waals surface area contributed by atoms with Gasteiger partial charge in [0.1, 0.15) is 5.75 Å². The van der Waals surface area contributed by atoms with Gasteiger partial charge in [0.05, 0.1) is 7.11 Å². The Balaban J connectivity index is 1.77. The Morgan fingerprint density at radius 2 is 1.56 bits per heavy atom. The first-order chi connectivity index (χ1) is 15.5. The molecule has 3 rings (SSSR count). The molecular weight excluding hydrogens is 394 g/mol. The molecule has 0 fully saturated rings. The number of rotatable bonds is 10. The molecule has 3 aromatic rings. The van der Waals surface area contributed by atoms with E-state index in [1.807, 2.05) is 29.2 Å². The SMILES string of the molecule is COc1ccc(CCC(=O)N(CCC(C)C)Cc2ccccc2-c2ccccc2C)cc1. The van der Waals surface area contributed by atoms with Gasteiger partial charge >= 0.3 is 0 Å². The van der Waals surface area contributed by atoms with E-state index in [1.165, 1.54) is 22.3 Å². The summed E-state index contributed by atoms with van der Waals surface area (Å²) in [5, 5.41) is 0. The van der Waals surface area contributed by atoms with E-state index in [2.05, 4.69) is 69.3 Å². The average Bonchev–Trinajstić information content (AvgIpc) is 2.81. The minimum atomic E-state index is 0.209. The number of methoxy groups -OCH3 is 1. The second-order valence-electron chi connectivity index (χ2n) is 8.82. The molecule has 0 aliphatic heterocycles. The predicted molar refractivity (Wildman–Crippen MR) is 133 cm³/mol. The third-order valence-electron chi connectivity index (χ3n) is 5.93. The number of ether oxygens (including phenoxy) is 1. The maximum atomic E-state index is 13.3. The van der Waals surface area contributed by atoms with Gasteiger partial charge in [-0.2, -0.15) is 0 Å². The molecule has 0 atom stereocenters. The normalized spacial score (nSPS) is 10.9. The van der Waals surface area contributed by atoms with Gasteiger partial charge < -0.3 is 9.64 Å². The van der Waals surface area contributed by atoms with Gasteiger partial charge in [-0.1, -0.05) is 74.5 Å². The molecule has 0 heterocycles. The van der Waals surface area contributed by atoms with Gasteiger partial charge in [0.25, 0.3) is 0 Å². The van der Waals surface area contributed by atoms with E-state index < -0.39 is 0 Å². The first-order valence-corrected chi connectivity index (χ1v) is 11.5. The molecule has 0 unspecified atom stereocenters. The van der Waals surface area contributed by atoms with E-state index in [4.69, 9.17) is 4.74 Å². The van der Waals surface area contributed by atoms with Crippen LogP contribution in [0.25, 0.3) is 11.1 Å². The Hall–Kier alpha value is -3.07. The molecule has 0 spiro atoms. The fraction of sp³-hybridized carbons (Fsp3) is 0.345. The zero-order valence-electron chi connectivity index (χ0n) is 19.8. The third-order valence-corrected chi connectivity index (χ3v) is 5.93. The number of hydrogen-bond acceptors (Lipinski definition) is 2. The number of aryl methyl sites for hydroxylation is 2. The first-order valence-electron chi connectivity index (χ1n) is 11.5. The smallest absolute Gasteiger partial charge is 0.223 e. The zero-order chi connectivity index (χ0) is 22.9. The highest BCUT2D eigenvalue weighted by Crippen LogP contribution is 2.28. The maximum absolute atomic E-state index is 13.3. The summed E-state index contributed by atoms with van der Waals surface area (Å²) in [7, 11) is 1.67. The van der Waals surface area contributed by atoms with Crippen LogP contribution in [0.15, 0.2) is 72.8 Å². The fourth-order valence-electron chi connectivity index (χ4n) is 3.91. The van der Waals surface area contributed by atoms with Gasteiger partial charge in [-0.15, -0.1) is 0 Å². The quantitative estimate of drug-likeness (QED) is 0.360. The van der Waals surface area contributed by atoms with Crippen LogP contribution in [0.5, 0.6) is 5.75 Å². The lowest BCUT2D eigenvalue weighted by atomic mass is 9.95. The molecule has 3 heteroatoms. The first kappa shape index (κ1) is 23.6. The molecule has 0 aliphatic rings. The van der Waals surface area contributed by atoms with Crippen molar-refractivity contribution in [3.05, 3.63) is 89.5 Å². The maximum Gasteiger partial charge on any atom is 0.223 e. The van der Waals surface area contributed by atoms with Crippen LogP contribution in [-0.2, 0) is 17.8 Å². The van der Waals surface area contributed by atoms with Crippen LogP contribution in [0, 0.1) is 12.8 Å². The zero-order valence-corrected chi connectivity index (χ0v) is 19.8. The molecule has 32 heavy (non-hydrogen) atoms. The second kappa shape index (κ2) is 11.5. The molecule has 0 saturated carbocycles. The van der Waals surface area contributed by atoms with Crippen LogP contribution in [0.2, 0.25) is 0 Å². The van der Waals surface area contributed by atoms with E-state index in [1.54, 1.807) is 7.11 Å². The van der Waals surface area contributed by atoms with E-state index in [0.717, 1.165) is 30.7 Å². The summed E-state index contributed by atoms with van der Waals surface area (Å²) >= 11 is 0. The van der Waals surface area contributed by atoms with E-state index in [9.17, 15) is 4.79 Å². The molecule has 1 amide bonds. The molecule has 0 aromatic heterocycles. The van der Waals surface area contributed by atoms with E-state index in [-0.39, 0.29) is 5.91 Å². The highest BCUT2D eigenvalue weighted by Gasteiger charge is 2.17.